The molecule has 0 unspecified atom stereocenters. The van der Waals surface area contributed by atoms with E-state index in [4.69, 9.17) is 5.53 Å². The lowest BCUT2D eigenvalue weighted by atomic mass is 10.1. The third-order valence-electron chi connectivity index (χ3n) is 3.21. The van der Waals surface area contributed by atoms with Crippen LogP contribution in [0, 0.1) is 6.92 Å². The summed E-state index contributed by atoms with van der Waals surface area (Å²) in [7, 11) is 0. The second-order valence-electron chi connectivity index (χ2n) is 4.34. The van der Waals surface area contributed by atoms with Gasteiger partial charge in [0.1, 0.15) is 0 Å². The lowest BCUT2D eigenvalue weighted by Gasteiger charge is -2.31. The third kappa shape index (κ3) is 2.72. The maximum absolute atomic E-state index is 8.62. The van der Waals surface area contributed by atoms with E-state index in [1.165, 1.54) is 0 Å². The number of thiol groups is 1. The number of anilines is 1. The zero-order valence-corrected chi connectivity index (χ0v) is 11.3. The van der Waals surface area contributed by atoms with E-state index < -0.39 is 0 Å². The predicted molar refractivity (Wildman–Crippen MR) is 77.8 cm³/mol. The normalized spacial score (nSPS) is 15.3. The molecule has 6 heteroatoms. The molecule has 0 aliphatic carbocycles. The van der Waals surface area contributed by atoms with E-state index >= 15 is 0 Å². The SMILES string of the molecule is Cc1c(N=[N+]=[N-])cc(CS)cc1N1CCNCC1. The molecule has 1 fully saturated rings. The van der Waals surface area contributed by atoms with E-state index in [1.807, 2.05) is 13.0 Å². The van der Waals surface area contributed by atoms with Gasteiger partial charge in [-0.3, -0.25) is 0 Å². The Balaban J connectivity index is 2.43. The van der Waals surface area contributed by atoms with Gasteiger partial charge >= 0.3 is 0 Å². The van der Waals surface area contributed by atoms with Gasteiger partial charge in [-0.05, 0) is 35.7 Å². The average molecular weight is 263 g/mol. The van der Waals surface area contributed by atoms with Gasteiger partial charge in [0.2, 0.25) is 0 Å². The fourth-order valence-electron chi connectivity index (χ4n) is 2.22. The zero-order valence-electron chi connectivity index (χ0n) is 10.4. The molecule has 1 aromatic rings. The van der Waals surface area contributed by atoms with E-state index in [0.717, 1.165) is 43.0 Å². The lowest BCUT2D eigenvalue weighted by Crippen LogP contribution is -2.43. The van der Waals surface area contributed by atoms with Gasteiger partial charge in [-0.1, -0.05) is 5.11 Å². The molecule has 5 nitrogen and oxygen atoms in total. The first kappa shape index (κ1) is 13.1. The Morgan fingerprint density at radius 1 is 1.44 bits per heavy atom. The number of azide groups is 1. The zero-order chi connectivity index (χ0) is 13.0. The second kappa shape index (κ2) is 6.00. The predicted octanol–water partition coefficient (Wildman–Crippen LogP) is 2.78. The van der Waals surface area contributed by atoms with Crippen molar-refractivity contribution in [2.24, 2.45) is 5.11 Å². The minimum absolute atomic E-state index is 0.646. The van der Waals surface area contributed by atoms with Crippen LogP contribution in [-0.4, -0.2) is 26.2 Å². The number of nitrogens with zero attached hydrogens (tertiary/aromatic N) is 4. The number of benzene rings is 1. The van der Waals surface area contributed by atoms with Crippen molar-refractivity contribution in [3.63, 3.8) is 0 Å². The van der Waals surface area contributed by atoms with Crippen LogP contribution in [0.1, 0.15) is 11.1 Å². The summed E-state index contributed by atoms with van der Waals surface area (Å²) in [6, 6.07) is 4.05. The minimum atomic E-state index is 0.646. The Kier molecular flexibility index (Phi) is 4.36. The molecule has 2 rings (SSSR count). The minimum Gasteiger partial charge on any atom is -0.369 e. The number of hydrogen-bond acceptors (Lipinski definition) is 4. The van der Waals surface area contributed by atoms with Crippen molar-refractivity contribution >= 4 is 24.0 Å². The molecule has 96 valence electrons. The van der Waals surface area contributed by atoms with Gasteiger partial charge in [0, 0.05) is 48.2 Å². The van der Waals surface area contributed by atoms with Gasteiger partial charge in [-0.15, -0.1) is 0 Å². The summed E-state index contributed by atoms with van der Waals surface area (Å²) in [5.41, 5.74) is 12.6. The maximum Gasteiger partial charge on any atom is 0.0428 e. The van der Waals surface area contributed by atoms with E-state index in [-0.39, 0.29) is 0 Å². The number of rotatable bonds is 3. The summed E-state index contributed by atoms with van der Waals surface area (Å²) in [4.78, 5) is 5.23. The van der Waals surface area contributed by atoms with E-state index in [0.29, 0.717) is 11.4 Å². The summed E-state index contributed by atoms with van der Waals surface area (Å²) in [5, 5.41) is 7.11. The Labute approximate surface area is 112 Å². The molecule has 0 saturated carbocycles. The molecule has 0 radical (unpaired) electrons. The van der Waals surface area contributed by atoms with Gasteiger partial charge in [-0.2, -0.15) is 12.6 Å². The van der Waals surface area contributed by atoms with Gasteiger partial charge in [-0.25, -0.2) is 0 Å². The number of piperazine rings is 1. The molecule has 0 spiro atoms. The molecule has 1 aliphatic heterocycles. The van der Waals surface area contributed by atoms with E-state index in [1.54, 1.807) is 0 Å². The fourth-order valence-corrected chi connectivity index (χ4v) is 2.40. The first-order valence-corrected chi connectivity index (χ1v) is 6.64. The molecule has 18 heavy (non-hydrogen) atoms. The summed E-state index contributed by atoms with van der Waals surface area (Å²) in [5.74, 6) is 0.646. The van der Waals surface area contributed by atoms with Crippen LogP contribution in [0.4, 0.5) is 11.4 Å². The first-order valence-electron chi connectivity index (χ1n) is 6.01. The molecule has 0 aromatic heterocycles. The molecule has 0 amide bonds. The van der Waals surface area contributed by atoms with Crippen molar-refractivity contribution in [2.75, 3.05) is 31.1 Å². The molecule has 1 saturated heterocycles. The van der Waals surface area contributed by atoms with Crippen molar-refractivity contribution in [3.8, 4) is 0 Å². The van der Waals surface area contributed by atoms with Crippen LogP contribution in [-0.2, 0) is 5.75 Å². The molecular weight excluding hydrogens is 246 g/mol. The summed E-state index contributed by atoms with van der Waals surface area (Å²) in [6.45, 7) is 5.94. The Bertz CT molecular complexity index is 476. The Morgan fingerprint density at radius 2 is 2.17 bits per heavy atom. The van der Waals surface area contributed by atoms with Crippen LogP contribution in [0.5, 0.6) is 0 Å². The van der Waals surface area contributed by atoms with Gasteiger partial charge < -0.3 is 10.2 Å². The average Bonchev–Trinajstić information content (AvgIpc) is 2.42. The second-order valence-corrected chi connectivity index (χ2v) is 4.66. The number of hydrogen-bond donors (Lipinski definition) is 2. The highest BCUT2D eigenvalue weighted by Crippen LogP contribution is 2.31. The van der Waals surface area contributed by atoms with Crippen LogP contribution in [0.15, 0.2) is 17.2 Å². The third-order valence-corrected chi connectivity index (χ3v) is 3.57. The van der Waals surface area contributed by atoms with Gasteiger partial charge in [0.05, 0.1) is 0 Å². The highest BCUT2D eigenvalue weighted by Gasteiger charge is 2.15. The molecule has 1 heterocycles. The maximum atomic E-state index is 8.62. The van der Waals surface area contributed by atoms with Gasteiger partial charge in [0.25, 0.3) is 0 Å². The smallest absolute Gasteiger partial charge is 0.0428 e. The first-order chi connectivity index (χ1) is 8.76. The molecule has 1 N–H and O–H groups in total. The van der Waals surface area contributed by atoms with Crippen LogP contribution in [0.2, 0.25) is 0 Å². The van der Waals surface area contributed by atoms with Crippen molar-refractivity contribution < 1.29 is 0 Å². The Morgan fingerprint density at radius 3 is 2.78 bits per heavy atom. The van der Waals surface area contributed by atoms with E-state index in [9.17, 15) is 0 Å². The number of nitrogens with one attached hydrogen (secondary N) is 1. The summed E-state index contributed by atoms with van der Waals surface area (Å²) in [6.07, 6.45) is 0. The molecule has 1 aromatic carbocycles. The van der Waals surface area contributed by atoms with E-state index in [2.05, 4.69) is 38.9 Å². The fraction of sp³-hybridized carbons (Fsp3) is 0.500. The monoisotopic (exact) mass is 263 g/mol. The van der Waals surface area contributed by atoms with Crippen molar-refractivity contribution in [3.05, 3.63) is 33.7 Å². The molecule has 0 atom stereocenters. The quantitative estimate of drug-likeness (QED) is 0.381. The largest absolute Gasteiger partial charge is 0.369 e. The highest BCUT2D eigenvalue weighted by molar-refractivity contribution is 7.79. The van der Waals surface area contributed by atoms with Crippen LogP contribution >= 0.6 is 12.6 Å². The standard InChI is InChI=1S/C12H17N5S/c1-9-11(15-16-13)6-10(8-18)7-12(9)17-4-2-14-3-5-17/h6-7,14,18H,2-5,8H2,1H3. The molecule has 0 bridgehead atoms. The van der Waals surface area contributed by atoms with Gasteiger partial charge in [0.15, 0.2) is 0 Å². The van der Waals surface area contributed by atoms with Crippen LogP contribution in [0.25, 0.3) is 10.4 Å². The topological polar surface area (TPSA) is 64.0 Å². The van der Waals surface area contributed by atoms with Crippen molar-refractivity contribution in [1.82, 2.24) is 5.32 Å². The highest BCUT2D eigenvalue weighted by atomic mass is 32.1. The summed E-state index contributed by atoms with van der Waals surface area (Å²) >= 11 is 4.31. The van der Waals surface area contributed by atoms with Crippen molar-refractivity contribution in [2.45, 2.75) is 12.7 Å². The lowest BCUT2D eigenvalue weighted by molar-refractivity contribution is 0.588. The van der Waals surface area contributed by atoms with Crippen LogP contribution < -0.4 is 10.2 Å². The molecular formula is C12H17N5S. The summed E-state index contributed by atoms with van der Waals surface area (Å²) < 4.78 is 0. The van der Waals surface area contributed by atoms with Crippen LogP contribution in [0.3, 0.4) is 0 Å². The van der Waals surface area contributed by atoms with Crippen molar-refractivity contribution in [1.29, 1.82) is 0 Å². The molecule has 1 aliphatic rings. The Hall–Kier alpha value is -1.36.